The molecule has 0 bridgehead atoms. The van der Waals surface area contributed by atoms with E-state index in [2.05, 4.69) is 17.1 Å². The first-order chi connectivity index (χ1) is 8.75. The van der Waals surface area contributed by atoms with Crippen LogP contribution in [0.4, 0.5) is 5.69 Å². The molecule has 0 saturated carbocycles. The average molecular weight is 256 g/mol. The molecule has 0 heterocycles. The lowest BCUT2D eigenvalue weighted by atomic mass is 10.2. The molecule has 2 rings (SSSR count). The summed E-state index contributed by atoms with van der Waals surface area (Å²) in [6.07, 6.45) is 5.73. The summed E-state index contributed by atoms with van der Waals surface area (Å²) in [4.78, 5) is 4.39. The monoisotopic (exact) mass is 255 g/mol. The van der Waals surface area contributed by atoms with Gasteiger partial charge in [0.2, 0.25) is 0 Å². The molecule has 90 valence electrons. The van der Waals surface area contributed by atoms with E-state index in [4.69, 9.17) is 11.6 Å². The molecular weight excluding hydrogens is 242 g/mol. The fourth-order valence-corrected chi connectivity index (χ4v) is 1.73. The molecule has 0 amide bonds. The zero-order chi connectivity index (χ0) is 12.8. The number of aliphatic imine (C=N–C) groups is 1. The van der Waals surface area contributed by atoms with Crippen LogP contribution in [-0.4, -0.2) is 6.21 Å². The molecule has 0 aliphatic carbocycles. The van der Waals surface area contributed by atoms with Gasteiger partial charge in [-0.25, -0.2) is 0 Å². The molecule has 1 nitrogen and oxygen atoms in total. The first-order valence-corrected chi connectivity index (χ1v) is 6.15. The number of benzene rings is 2. The second kappa shape index (κ2) is 6.18. The van der Waals surface area contributed by atoms with Crippen LogP contribution in [-0.2, 0) is 0 Å². The van der Waals surface area contributed by atoms with Crippen LogP contribution >= 0.6 is 11.6 Å². The molecule has 0 atom stereocenters. The lowest BCUT2D eigenvalue weighted by Gasteiger charge is -1.98. The molecule has 0 aliphatic rings. The van der Waals surface area contributed by atoms with Gasteiger partial charge < -0.3 is 0 Å². The topological polar surface area (TPSA) is 12.4 Å². The van der Waals surface area contributed by atoms with E-state index in [-0.39, 0.29) is 0 Å². The summed E-state index contributed by atoms with van der Waals surface area (Å²) in [6, 6.07) is 15.8. The summed E-state index contributed by atoms with van der Waals surface area (Å²) in [7, 11) is 0. The van der Waals surface area contributed by atoms with E-state index in [9.17, 15) is 0 Å². The Morgan fingerprint density at radius 2 is 1.83 bits per heavy atom. The fraction of sp³-hybridized carbons (Fsp3) is 0.0625. The van der Waals surface area contributed by atoms with Gasteiger partial charge in [-0.1, -0.05) is 54.1 Å². The maximum absolute atomic E-state index is 5.93. The molecule has 2 heteroatoms. The van der Waals surface area contributed by atoms with E-state index in [1.165, 1.54) is 0 Å². The van der Waals surface area contributed by atoms with Gasteiger partial charge in [0.1, 0.15) is 0 Å². The quantitative estimate of drug-likeness (QED) is 0.680. The van der Waals surface area contributed by atoms with Crippen molar-refractivity contribution in [2.75, 3.05) is 0 Å². The number of aryl methyl sites for hydroxylation is 1. The lowest BCUT2D eigenvalue weighted by Crippen LogP contribution is -1.75. The standard InChI is InChI=1S/C16H14ClN/c1-13-9-10-15(17)12-16(13)18-11-5-8-14-6-3-2-4-7-14/h2-12H,1H3/b8-5+,18-11?. The van der Waals surface area contributed by atoms with Gasteiger partial charge in [0, 0.05) is 11.2 Å². The normalized spacial score (nSPS) is 11.4. The summed E-state index contributed by atoms with van der Waals surface area (Å²) in [5.74, 6) is 0. The van der Waals surface area contributed by atoms with Gasteiger partial charge in [0.15, 0.2) is 0 Å². The van der Waals surface area contributed by atoms with Crippen LogP contribution in [0.1, 0.15) is 11.1 Å². The minimum atomic E-state index is 0.708. The van der Waals surface area contributed by atoms with Gasteiger partial charge in [0.05, 0.1) is 5.69 Å². The van der Waals surface area contributed by atoms with Crippen LogP contribution in [0, 0.1) is 6.92 Å². The van der Waals surface area contributed by atoms with E-state index < -0.39 is 0 Å². The number of halogens is 1. The maximum Gasteiger partial charge on any atom is 0.0673 e. The minimum absolute atomic E-state index is 0.708. The van der Waals surface area contributed by atoms with Crippen molar-refractivity contribution in [2.24, 2.45) is 4.99 Å². The molecule has 0 radical (unpaired) electrons. The van der Waals surface area contributed by atoms with Crippen molar-refractivity contribution < 1.29 is 0 Å². The smallest absolute Gasteiger partial charge is 0.0673 e. The number of rotatable bonds is 3. The van der Waals surface area contributed by atoms with Gasteiger partial charge in [-0.15, -0.1) is 0 Å². The molecule has 2 aromatic rings. The molecule has 0 spiro atoms. The van der Waals surface area contributed by atoms with Gasteiger partial charge in [-0.2, -0.15) is 0 Å². The minimum Gasteiger partial charge on any atom is -0.257 e. The number of nitrogens with zero attached hydrogens (tertiary/aromatic N) is 1. The molecule has 18 heavy (non-hydrogen) atoms. The highest BCUT2D eigenvalue weighted by Gasteiger charge is 1.95. The summed E-state index contributed by atoms with van der Waals surface area (Å²) in [6.45, 7) is 2.02. The van der Waals surface area contributed by atoms with Gasteiger partial charge in [0.25, 0.3) is 0 Å². The van der Waals surface area contributed by atoms with Gasteiger partial charge in [-0.3, -0.25) is 4.99 Å². The predicted octanol–water partition coefficient (Wildman–Crippen LogP) is 5.06. The van der Waals surface area contributed by atoms with E-state index in [1.807, 2.05) is 55.5 Å². The van der Waals surface area contributed by atoms with Crippen LogP contribution in [0.5, 0.6) is 0 Å². The summed E-state index contributed by atoms with van der Waals surface area (Å²) >= 11 is 5.93. The Labute approximate surface area is 112 Å². The molecule has 0 unspecified atom stereocenters. The number of allylic oxidation sites excluding steroid dienone is 1. The third-order valence-corrected chi connectivity index (χ3v) is 2.79. The van der Waals surface area contributed by atoms with Crippen molar-refractivity contribution in [3.63, 3.8) is 0 Å². The Bertz CT molecular complexity index is 571. The summed E-state index contributed by atoms with van der Waals surface area (Å²) < 4.78 is 0. The fourth-order valence-electron chi connectivity index (χ4n) is 1.56. The van der Waals surface area contributed by atoms with Gasteiger partial charge in [-0.05, 0) is 36.3 Å². The predicted molar refractivity (Wildman–Crippen MR) is 79.8 cm³/mol. The summed E-state index contributed by atoms with van der Waals surface area (Å²) in [5, 5.41) is 0.708. The zero-order valence-electron chi connectivity index (χ0n) is 10.2. The third-order valence-electron chi connectivity index (χ3n) is 2.56. The first kappa shape index (κ1) is 12.6. The Morgan fingerprint density at radius 3 is 2.61 bits per heavy atom. The van der Waals surface area contributed by atoms with Crippen LogP contribution in [0.25, 0.3) is 6.08 Å². The van der Waals surface area contributed by atoms with Gasteiger partial charge >= 0.3 is 0 Å². The van der Waals surface area contributed by atoms with Crippen LogP contribution in [0.15, 0.2) is 59.6 Å². The van der Waals surface area contributed by atoms with Crippen LogP contribution in [0.2, 0.25) is 5.02 Å². The third kappa shape index (κ3) is 3.57. The lowest BCUT2D eigenvalue weighted by molar-refractivity contribution is 1.41. The van der Waals surface area contributed by atoms with Crippen molar-refractivity contribution in [1.29, 1.82) is 0 Å². The van der Waals surface area contributed by atoms with E-state index in [0.717, 1.165) is 16.8 Å². The second-order valence-corrected chi connectivity index (χ2v) is 4.42. The molecule has 0 saturated heterocycles. The SMILES string of the molecule is Cc1ccc(Cl)cc1N=C/C=C/c1ccccc1. The molecule has 2 aromatic carbocycles. The van der Waals surface area contributed by atoms with Crippen molar-refractivity contribution in [3.8, 4) is 0 Å². The largest absolute Gasteiger partial charge is 0.257 e. The average Bonchev–Trinajstić information content (AvgIpc) is 2.40. The van der Waals surface area contributed by atoms with Crippen molar-refractivity contribution in [3.05, 3.63) is 70.8 Å². The highest BCUT2D eigenvalue weighted by Crippen LogP contribution is 2.22. The zero-order valence-corrected chi connectivity index (χ0v) is 10.9. The highest BCUT2D eigenvalue weighted by molar-refractivity contribution is 6.30. The number of hydrogen-bond donors (Lipinski definition) is 0. The second-order valence-electron chi connectivity index (χ2n) is 3.98. The number of hydrogen-bond acceptors (Lipinski definition) is 1. The summed E-state index contributed by atoms with van der Waals surface area (Å²) in [5.41, 5.74) is 3.18. The van der Waals surface area contributed by atoms with E-state index in [0.29, 0.717) is 5.02 Å². The maximum atomic E-state index is 5.93. The molecule has 0 N–H and O–H groups in total. The Balaban J connectivity index is 2.08. The molecule has 0 aliphatic heterocycles. The van der Waals surface area contributed by atoms with E-state index >= 15 is 0 Å². The Hall–Kier alpha value is -1.86. The Morgan fingerprint density at radius 1 is 1.06 bits per heavy atom. The Kier molecular flexibility index (Phi) is 4.32. The van der Waals surface area contributed by atoms with Crippen molar-refractivity contribution >= 4 is 29.6 Å². The van der Waals surface area contributed by atoms with Crippen LogP contribution < -0.4 is 0 Å². The first-order valence-electron chi connectivity index (χ1n) is 5.77. The van der Waals surface area contributed by atoms with E-state index in [1.54, 1.807) is 6.21 Å². The molecule has 0 fully saturated rings. The highest BCUT2D eigenvalue weighted by atomic mass is 35.5. The molecular formula is C16H14ClN. The van der Waals surface area contributed by atoms with Crippen molar-refractivity contribution in [1.82, 2.24) is 0 Å². The van der Waals surface area contributed by atoms with Crippen LogP contribution in [0.3, 0.4) is 0 Å². The molecule has 0 aromatic heterocycles. The van der Waals surface area contributed by atoms with Crippen molar-refractivity contribution in [2.45, 2.75) is 6.92 Å².